The molecule has 2 N–H and O–H groups in total. The Labute approximate surface area is 119 Å². The van der Waals surface area contributed by atoms with E-state index < -0.39 is 0 Å². The molecule has 0 aliphatic carbocycles. The minimum absolute atomic E-state index is 0.0235. The molecule has 0 saturated carbocycles. The zero-order chi connectivity index (χ0) is 14.4. The van der Waals surface area contributed by atoms with Crippen molar-refractivity contribution in [2.24, 2.45) is 0 Å². The number of nitrogens with one attached hydrogen (secondary N) is 2. The van der Waals surface area contributed by atoms with Crippen LogP contribution in [0.2, 0.25) is 0 Å². The summed E-state index contributed by atoms with van der Waals surface area (Å²) in [5.41, 5.74) is 0.996. The summed E-state index contributed by atoms with van der Waals surface area (Å²) < 4.78 is 5.42. The van der Waals surface area contributed by atoms with E-state index in [0.717, 1.165) is 24.5 Å². The number of hydrogen-bond donors (Lipinski definition) is 2. The standard InChI is InChI=1S/C14H22N4O2/c1-3-5-16-13-9-11(4-6-17-13)18-7-8-20-10-12(18)14(19)15-2/h4,6,9,12H,3,5,7-8,10H2,1-2H3,(H,15,19)(H,16,17). The van der Waals surface area contributed by atoms with Crippen molar-refractivity contribution in [1.29, 1.82) is 0 Å². The van der Waals surface area contributed by atoms with Gasteiger partial charge < -0.3 is 20.3 Å². The number of hydrogen-bond acceptors (Lipinski definition) is 5. The van der Waals surface area contributed by atoms with Crippen LogP contribution in [0.3, 0.4) is 0 Å². The van der Waals surface area contributed by atoms with Gasteiger partial charge in [-0.05, 0) is 12.5 Å². The molecule has 1 aliphatic rings. The maximum Gasteiger partial charge on any atom is 0.244 e. The van der Waals surface area contributed by atoms with Gasteiger partial charge in [-0.15, -0.1) is 0 Å². The monoisotopic (exact) mass is 278 g/mol. The van der Waals surface area contributed by atoms with Gasteiger partial charge in [-0.25, -0.2) is 4.98 Å². The Bertz CT molecular complexity index is 453. The molecule has 0 aromatic carbocycles. The van der Waals surface area contributed by atoms with Crippen molar-refractivity contribution in [3.05, 3.63) is 18.3 Å². The number of morpholine rings is 1. The number of likely N-dealkylation sites (N-methyl/N-ethyl adjacent to an activating group) is 1. The Balaban J connectivity index is 2.16. The average Bonchev–Trinajstić information content (AvgIpc) is 2.52. The third-order valence-corrected chi connectivity index (χ3v) is 3.31. The van der Waals surface area contributed by atoms with E-state index in [2.05, 4.69) is 27.4 Å². The van der Waals surface area contributed by atoms with Gasteiger partial charge in [0.2, 0.25) is 5.91 Å². The number of amides is 1. The Kier molecular flexibility index (Phi) is 5.17. The highest BCUT2D eigenvalue weighted by Gasteiger charge is 2.29. The van der Waals surface area contributed by atoms with Crippen LogP contribution in [0.4, 0.5) is 11.5 Å². The first-order chi connectivity index (χ1) is 9.76. The summed E-state index contributed by atoms with van der Waals surface area (Å²) in [6, 6.07) is 3.63. The zero-order valence-corrected chi connectivity index (χ0v) is 12.1. The van der Waals surface area contributed by atoms with Crippen LogP contribution in [0.15, 0.2) is 18.3 Å². The molecule has 0 bridgehead atoms. The Hall–Kier alpha value is -1.82. The van der Waals surface area contributed by atoms with Gasteiger partial charge in [0.1, 0.15) is 11.9 Å². The average molecular weight is 278 g/mol. The summed E-state index contributed by atoms with van der Waals surface area (Å²) in [5.74, 6) is 0.816. The quantitative estimate of drug-likeness (QED) is 0.836. The second kappa shape index (κ2) is 7.09. The summed E-state index contributed by atoms with van der Waals surface area (Å²) in [7, 11) is 1.65. The Morgan fingerprint density at radius 2 is 2.45 bits per heavy atom. The Morgan fingerprint density at radius 1 is 1.60 bits per heavy atom. The highest BCUT2D eigenvalue weighted by molar-refractivity contribution is 5.85. The number of nitrogens with zero attached hydrogens (tertiary/aromatic N) is 2. The number of pyridine rings is 1. The molecule has 1 aromatic heterocycles. The maximum atomic E-state index is 11.9. The van der Waals surface area contributed by atoms with Crippen molar-refractivity contribution in [3.8, 4) is 0 Å². The van der Waals surface area contributed by atoms with E-state index in [9.17, 15) is 4.79 Å². The molecule has 0 spiro atoms. The van der Waals surface area contributed by atoms with Crippen molar-refractivity contribution in [2.75, 3.05) is 43.6 Å². The molecular weight excluding hydrogens is 256 g/mol. The second-order valence-electron chi connectivity index (χ2n) is 4.72. The lowest BCUT2D eigenvalue weighted by Crippen LogP contribution is -2.53. The first-order valence-corrected chi connectivity index (χ1v) is 7.02. The van der Waals surface area contributed by atoms with E-state index in [1.165, 1.54) is 0 Å². The second-order valence-corrected chi connectivity index (χ2v) is 4.72. The van der Waals surface area contributed by atoms with Crippen molar-refractivity contribution < 1.29 is 9.53 Å². The highest BCUT2D eigenvalue weighted by atomic mass is 16.5. The van der Waals surface area contributed by atoms with Crippen LogP contribution in [0, 0.1) is 0 Å². The Morgan fingerprint density at radius 3 is 3.20 bits per heavy atom. The molecule has 20 heavy (non-hydrogen) atoms. The molecule has 1 aliphatic heterocycles. The van der Waals surface area contributed by atoms with Crippen molar-refractivity contribution in [3.63, 3.8) is 0 Å². The zero-order valence-electron chi connectivity index (χ0n) is 12.1. The largest absolute Gasteiger partial charge is 0.377 e. The van der Waals surface area contributed by atoms with Gasteiger partial charge in [-0.2, -0.15) is 0 Å². The van der Waals surface area contributed by atoms with E-state index >= 15 is 0 Å². The third-order valence-electron chi connectivity index (χ3n) is 3.31. The molecule has 1 atom stereocenters. The van der Waals surface area contributed by atoms with Crippen molar-refractivity contribution >= 4 is 17.4 Å². The van der Waals surface area contributed by atoms with Gasteiger partial charge in [0, 0.05) is 38.1 Å². The lowest BCUT2D eigenvalue weighted by Gasteiger charge is -2.36. The van der Waals surface area contributed by atoms with Gasteiger partial charge in [0.05, 0.1) is 13.2 Å². The molecule has 1 amide bonds. The summed E-state index contributed by atoms with van der Waals surface area (Å²) >= 11 is 0. The summed E-state index contributed by atoms with van der Waals surface area (Å²) in [6.45, 7) is 4.75. The number of carbonyl (C=O) groups is 1. The molecule has 0 radical (unpaired) electrons. The van der Waals surface area contributed by atoms with Crippen LogP contribution in [0.5, 0.6) is 0 Å². The summed E-state index contributed by atoms with van der Waals surface area (Å²) in [6.07, 6.45) is 2.81. The number of aromatic nitrogens is 1. The first kappa shape index (κ1) is 14.6. The van der Waals surface area contributed by atoms with Crippen molar-refractivity contribution in [2.45, 2.75) is 19.4 Å². The van der Waals surface area contributed by atoms with Gasteiger partial charge in [0.25, 0.3) is 0 Å². The smallest absolute Gasteiger partial charge is 0.244 e. The van der Waals surface area contributed by atoms with E-state index in [4.69, 9.17) is 4.74 Å². The third kappa shape index (κ3) is 3.39. The molecule has 1 aromatic rings. The van der Waals surface area contributed by atoms with Crippen LogP contribution in [-0.2, 0) is 9.53 Å². The molecule has 6 nitrogen and oxygen atoms in total. The number of ether oxygens (including phenoxy) is 1. The predicted molar refractivity (Wildman–Crippen MR) is 79.0 cm³/mol. The topological polar surface area (TPSA) is 66.5 Å². The predicted octanol–water partition coefficient (Wildman–Crippen LogP) is 0.855. The fourth-order valence-electron chi connectivity index (χ4n) is 2.24. The molecule has 110 valence electrons. The first-order valence-electron chi connectivity index (χ1n) is 7.02. The van der Waals surface area contributed by atoms with Gasteiger partial charge in [0.15, 0.2) is 0 Å². The normalized spacial score (nSPS) is 18.7. The molecular formula is C14H22N4O2. The molecule has 6 heteroatoms. The molecule has 1 saturated heterocycles. The number of anilines is 2. The van der Waals surface area contributed by atoms with Crippen LogP contribution in [-0.4, -0.2) is 50.3 Å². The van der Waals surface area contributed by atoms with E-state index in [1.54, 1.807) is 13.2 Å². The molecule has 1 unspecified atom stereocenters. The minimum atomic E-state index is -0.282. The maximum absolute atomic E-state index is 11.9. The number of carbonyl (C=O) groups excluding carboxylic acids is 1. The lowest BCUT2D eigenvalue weighted by molar-refractivity contribution is -0.124. The fourth-order valence-corrected chi connectivity index (χ4v) is 2.24. The van der Waals surface area contributed by atoms with Gasteiger partial charge in [-0.3, -0.25) is 4.79 Å². The van der Waals surface area contributed by atoms with Gasteiger partial charge >= 0.3 is 0 Å². The van der Waals surface area contributed by atoms with Crippen LogP contribution in [0.25, 0.3) is 0 Å². The highest BCUT2D eigenvalue weighted by Crippen LogP contribution is 2.22. The lowest BCUT2D eigenvalue weighted by atomic mass is 10.2. The van der Waals surface area contributed by atoms with E-state index in [1.807, 2.05) is 12.1 Å². The van der Waals surface area contributed by atoms with E-state index in [0.29, 0.717) is 19.8 Å². The van der Waals surface area contributed by atoms with E-state index in [-0.39, 0.29) is 11.9 Å². The number of rotatable bonds is 5. The molecule has 1 fully saturated rings. The van der Waals surface area contributed by atoms with Gasteiger partial charge in [-0.1, -0.05) is 6.92 Å². The van der Waals surface area contributed by atoms with Crippen molar-refractivity contribution in [1.82, 2.24) is 10.3 Å². The van der Waals surface area contributed by atoms with Crippen LogP contribution in [0.1, 0.15) is 13.3 Å². The fraction of sp³-hybridized carbons (Fsp3) is 0.571. The molecule has 2 heterocycles. The minimum Gasteiger partial charge on any atom is -0.377 e. The summed E-state index contributed by atoms with van der Waals surface area (Å²) in [5, 5.41) is 5.95. The SMILES string of the molecule is CCCNc1cc(N2CCOCC2C(=O)NC)ccn1. The van der Waals surface area contributed by atoms with Crippen LogP contribution >= 0.6 is 0 Å². The summed E-state index contributed by atoms with van der Waals surface area (Å²) in [4.78, 5) is 18.3. The molecule has 2 rings (SSSR count). The van der Waals surface area contributed by atoms with Crippen LogP contribution < -0.4 is 15.5 Å².